The number of thiophene rings is 1. The number of amides is 1. The molecule has 2 unspecified atom stereocenters. The van der Waals surface area contributed by atoms with Crippen molar-refractivity contribution in [3.05, 3.63) is 64.1 Å². The lowest BCUT2D eigenvalue weighted by molar-refractivity contribution is -0.120. The van der Waals surface area contributed by atoms with E-state index in [1.165, 1.54) is 38.4 Å². The van der Waals surface area contributed by atoms with Gasteiger partial charge in [-0.15, -0.1) is 11.3 Å². The normalized spacial score (nSPS) is 14.4. The van der Waals surface area contributed by atoms with Gasteiger partial charge >= 0.3 is 0 Å². The molecule has 0 aliphatic carbocycles. The summed E-state index contributed by atoms with van der Waals surface area (Å²) in [7, 11) is -0.747. The smallest absolute Gasteiger partial charge is 0.241 e. The molecule has 2 N–H and O–H groups in total. The first-order valence-electron chi connectivity index (χ1n) is 8.90. The van der Waals surface area contributed by atoms with E-state index in [4.69, 9.17) is 21.1 Å². The highest BCUT2D eigenvalue weighted by molar-refractivity contribution is 7.58. The van der Waals surface area contributed by atoms with Crippen LogP contribution in [0.5, 0.6) is 11.5 Å². The van der Waals surface area contributed by atoms with Crippen molar-refractivity contribution in [3.63, 3.8) is 0 Å². The van der Waals surface area contributed by atoms with Gasteiger partial charge in [0, 0.05) is 28.2 Å². The van der Waals surface area contributed by atoms with Gasteiger partial charge in [-0.3, -0.25) is 9.36 Å². The molecule has 0 bridgehead atoms. The molecule has 158 valence electrons. The van der Waals surface area contributed by atoms with Gasteiger partial charge in [0.2, 0.25) is 13.3 Å². The van der Waals surface area contributed by atoms with Crippen LogP contribution in [0.4, 0.5) is 0 Å². The number of halogens is 1. The first kappa shape index (κ1) is 22.4. The minimum Gasteiger partial charge on any atom is -0.493 e. The summed E-state index contributed by atoms with van der Waals surface area (Å²) in [4.78, 5) is 23.2. The van der Waals surface area contributed by atoms with Crippen molar-refractivity contribution >= 4 is 52.4 Å². The Bertz CT molecular complexity index is 1150. The second-order valence-corrected chi connectivity index (χ2v) is 10.4. The summed E-state index contributed by atoms with van der Waals surface area (Å²) in [6.07, 6.45) is 3.06. The second kappa shape index (κ2) is 9.23. The summed E-state index contributed by atoms with van der Waals surface area (Å²) in [5.41, 5.74) is -0.0533. The lowest BCUT2D eigenvalue weighted by Gasteiger charge is -2.18. The number of nitrogens with one attached hydrogen (secondary N) is 1. The Morgan fingerprint density at radius 2 is 2.03 bits per heavy atom. The van der Waals surface area contributed by atoms with E-state index in [0.29, 0.717) is 33.0 Å². The van der Waals surface area contributed by atoms with E-state index in [1.54, 1.807) is 41.8 Å². The van der Waals surface area contributed by atoms with E-state index in [-0.39, 0.29) is 0 Å². The van der Waals surface area contributed by atoms with E-state index in [0.717, 1.165) is 4.70 Å². The number of rotatable bonds is 7. The summed E-state index contributed by atoms with van der Waals surface area (Å²) in [5, 5.41) is 5.54. The molecule has 1 aromatic heterocycles. The molecule has 1 heterocycles. The fraction of sp³-hybridized carbons (Fsp3) is 0.190. The zero-order chi connectivity index (χ0) is 21.9. The van der Waals surface area contributed by atoms with Gasteiger partial charge in [-0.1, -0.05) is 23.7 Å². The molecule has 0 saturated heterocycles. The number of carbonyl (C=O) groups is 1. The van der Waals surface area contributed by atoms with E-state index in [2.05, 4.69) is 5.32 Å². The molecule has 9 heteroatoms. The Balaban J connectivity index is 1.90. The van der Waals surface area contributed by atoms with Gasteiger partial charge in [-0.25, -0.2) is 0 Å². The maximum atomic E-state index is 12.9. The van der Waals surface area contributed by atoms with Crippen molar-refractivity contribution in [1.29, 1.82) is 0 Å². The lowest BCUT2D eigenvalue weighted by atomic mass is 10.1. The van der Waals surface area contributed by atoms with Crippen LogP contribution in [0.2, 0.25) is 5.02 Å². The van der Waals surface area contributed by atoms with Gasteiger partial charge in [0.15, 0.2) is 11.5 Å². The van der Waals surface area contributed by atoms with Crippen molar-refractivity contribution in [2.75, 3.05) is 20.9 Å². The number of ether oxygens (including phenoxy) is 2. The van der Waals surface area contributed by atoms with Gasteiger partial charge < -0.3 is 19.7 Å². The molecular weight excluding hydrogens is 445 g/mol. The number of hydrogen-bond donors (Lipinski definition) is 2. The van der Waals surface area contributed by atoms with Gasteiger partial charge in [0.25, 0.3) is 0 Å². The van der Waals surface area contributed by atoms with E-state index >= 15 is 0 Å². The zero-order valence-corrected chi connectivity index (χ0v) is 19.1. The highest BCUT2D eigenvalue weighted by Gasteiger charge is 2.36. The van der Waals surface area contributed by atoms with Crippen LogP contribution in [-0.2, 0) is 9.36 Å². The van der Waals surface area contributed by atoms with Crippen LogP contribution in [-0.4, -0.2) is 31.7 Å². The Kier molecular flexibility index (Phi) is 6.88. The molecule has 30 heavy (non-hydrogen) atoms. The van der Waals surface area contributed by atoms with Crippen LogP contribution >= 0.6 is 30.3 Å². The third-order valence-corrected chi connectivity index (χ3v) is 7.20. The number of benzene rings is 2. The Morgan fingerprint density at radius 1 is 1.27 bits per heavy atom. The third kappa shape index (κ3) is 4.71. The van der Waals surface area contributed by atoms with Crippen molar-refractivity contribution < 1.29 is 23.7 Å². The van der Waals surface area contributed by atoms with E-state index in [9.17, 15) is 14.3 Å². The van der Waals surface area contributed by atoms with Crippen LogP contribution in [0, 0.1) is 0 Å². The van der Waals surface area contributed by atoms with E-state index in [1.807, 2.05) is 6.07 Å². The fourth-order valence-electron chi connectivity index (χ4n) is 3.19. The molecule has 3 aromatic rings. The Morgan fingerprint density at radius 3 is 2.70 bits per heavy atom. The Hall–Kier alpha value is -2.31. The predicted molar refractivity (Wildman–Crippen MR) is 122 cm³/mol. The number of carbonyl (C=O) groups excluding carboxylic acids is 1. The predicted octanol–water partition coefficient (Wildman–Crippen LogP) is 5.30. The van der Waals surface area contributed by atoms with Crippen molar-refractivity contribution in [2.24, 2.45) is 0 Å². The molecule has 0 aliphatic rings. The summed E-state index contributed by atoms with van der Waals surface area (Å²) in [6, 6.07) is 10.6. The summed E-state index contributed by atoms with van der Waals surface area (Å²) in [6.45, 7) is 1.18. The minimum atomic E-state index is -3.81. The van der Waals surface area contributed by atoms with Gasteiger partial charge in [0.1, 0.15) is 5.66 Å². The van der Waals surface area contributed by atoms with Crippen LogP contribution in [0.25, 0.3) is 16.2 Å². The molecular formula is C21H21ClNO5PS. The second-order valence-electron chi connectivity index (χ2n) is 6.60. The molecule has 2 atom stereocenters. The van der Waals surface area contributed by atoms with Crippen LogP contribution < -0.4 is 14.8 Å². The number of fused-ring (bicyclic) bond motifs is 1. The van der Waals surface area contributed by atoms with Crippen LogP contribution in [0.3, 0.4) is 0 Å². The molecule has 3 rings (SSSR count). The topological polar surface area (TPSA) is 84.9 Å². The lowest BCUT2D eigenvalue weighted by Crippen LogP contribution is -2.25. The highest BCUT2D eigenvalue weighted by Crippen LogP contribution is 2.54. The number of hydrogen-bond acceptors (Lipinski definition) is 5. The summed E-state index contributed by atoms with van der Waals surface area (Å²) < 4.78 is 24.1. The molecule has 0 saturated carbocycles. The monoisotopic (exact) mass is 465 g/mol. The average molecular weight is 466 g/mol. The number of para-hydroxylation sites is 1. The zero-order valence-electron chi connectivity index (χ0n) is 16.6. The molecule has 0 spiro atoms. The number of methoxy groups -OCH3 is 2. The largest absolute Gasteiger partial charge is 0.493 e. The molecule has 0 aliphatic heterocycles. The molecule has 2 aromatic carbocycles. The van der Waals surface area contributed by atoms with Crippen LogP contribution in [0.15, 0.2) is 48.0 Å². The molecule has 6 nitrogen and oxygen atoms in total. The molecule has 0 fully saturated rings. The minimum absolute atomic E-state index is 0.482. The molecule has 1 amide bonds. The molecule has 0 radical (unpaired) electrons. The first-order chi connectivity index (χ1) is 14.3. The van der Waals surface area contributed by atoms with Crippen LogP contribution in [0.1, 0.15) is 16.8 Å². The Labute approximate surface area is 183 Å². The summed E-state index contributed by atoms with van der Waals surface area (Å²) >= 11 is 7.48. The van der Waals surface area contributed by atoms with Gasteiger partial charge in [0.05, 0.1) is 14.2 Å². The summed E-state index contributed by atoms with van der Waals surface area (Å²) in [5.74, 6) is 0.490. The van der Waals surface area contributed by atoms with Gasteiger partial charge in [-0.2, -0.15) is 0 Å². The highest BCUT2D eigenvalue weighted by atomic mass is 35.5. The SMILES string of the molecule is COc1cccc(C=CNC(=O)C(c2csc3ccc(Cl)cc23)P(C)(=O)O)c1OC. The van der Waals surface area contributed by atoms with Crippen molar-refractivity contribution in [3.8, 4) is 11.5 Å². The van der Waals surface area contributed by atoms with Gasteiger partial charge in [-0.05, 0) is 46.7 Å². The standard InChI is InChI=1S/C21H21ClNO5PS/c1-27-17-6-4-5-13(19(17)28-2)9-10-23-21(24)20(29(3,25)26)16-12-30-18-8-7-14(22)11-15(16)18/h4-12,20H,1-3H3,(H,23,24)(H,25,26). The quantitative estimate of drug-likeness (QED) is 0.462. The van der Waals surface area contributed by atoms with Crippen molar-refractivity contribution in [2.45, 2.75) is 5.66 Å². The fourth-order valence-corrected chi connectivity index (χ4v) is 5.67. The maximum Gasteiger partial charge on any atom is 0.241 e. The first-order valence-corrected chi connectivity index (χ1v) is 12.3. The third-order valence-electron chi connectivity index (χ3n) is 4.51. The van der Waals surface area contributed by atoms with E-state index < -0.39 is 18.9 Å². The van der Waals surface area contributed by atoms with Crippen molar-refractivity contribution in [1.82, 2.24) is 5.32 Å². The average Bonchev–Trinajstić information content (AvgIpc) is 3.09. The maximum absolute atomic E-state index is 12.9.